The molecule has 1 saturated heterocycles. The molecular weight excluding hydrogens is 410 g/mol. The van der Waals surface area contributed by atoms with Crippen LogP contribution in [-0.2, 0) is 6.54 Å². The first-order chi connectivity index (χ1) is 15.2. The zero-order valence-electron chi connectivity index (χ0n) is 17.8. The van der Waals surface area contributed by atoms with Gasteiger partial charge >= 0.3 is 6.03 Å². The van der Waals surface area contributed by atoms with E-state index in [0.29, 0.717) is 31.3 Å². The number of nitrogens with zero attached hydrogens (tertiary/aromatic N) is 1. The van der Waals surface area contributed by atoms with Gasteiger partial charge in [-0.25, -0.2) is 4.79 Å². The number of thiophene rings is 1. The molecule has 1 saturated carbocycles. The van der Waals surface area contributed by atoms with E-state index < -0.39 is 0 Å². The van der Waals surface area contributed by atoms with Crippen molar-refractivity contribution in [2.75, 3.05) is 13.1 Å². The van der Waals surface area contributed by atoms with E-state index in [1.54, 1.807) is 0 Å². The lowest BCUT2D eigenvalue weighted by molar-refractivity contribution is 0.0918. The molecule has 1 aliphatic heterocycles. The van der Waals surface area contributed by atoms with Gasteiger partial charge in [-0.05, 0) is 67.7 Å². The number of carbonyl (C=O) groups excluding carboxylic acids is 2. The number of hydrogen-bond donors (Lipinski definition) is 2. The zero-order valence-corrected chi connectivity index (χ0v) is 18.7. The molecule has 6 nitrogen and oxygen atoms in total. The predicted octanol–water partition coefficient (Wildman–Crippen LogP) is 4.56. The summed E-state index contributed by atoms with van der Waals surface area (Å²) in [6, 6.07) is 9.92. The highest BCUT2D eigenvalue weighted by Gasteiger charge is 2.24. The van der Waals surface area contributed by atoms with Crippen molar-refractivity contribution in [3.05, 3.63) is 52.2 Å². The van der Waals surface area contributed by atoms with E-state index in [9.17, 15) is 9.59 Å². The molecule has 1 aliphatic carbocycles. The van der Waals surface area contributed by atoms with Crippen molar-refractivity contribution in [1.29, 1.82) is 0 Å². The van der Waals surface area contributed by atoms with Gasteiger partial charge in [-0.15, -0.1) is 0 Å². The zero-order chi connectivity index (χ0) is 21.5. The van der Waals surface area contributed by atoms with E-state index in [1.165, 1.54) is 30.6 Å². The molecule has 0 unspecified atom stereocenters. The Morgan fingerprint density at radius 3 is 2.61 bits per heavy atom. The number of urea groups is 1. The minimum atomic E-state index is -0.0544. The molecule has 2 aromatic rings. The maximum Gasteiger partial charge on any atom is 0.317 e. The molecule has 2 fully saturated rings. The van der Waals surface area contributed by atoms with Crippen molar-refractivity contribution in [3.63, 3.8) is 0 Å². The molecule has 0 bridgehead atoms. The molecule has 3 amide bonds. The third-order valence-corrected chi connectivity index (χ3v) is 6.78. The van der Waals surface area contributed by atoms with Gasteiger partial charge in [0.15, 0.2) is 0 Å². The second kappa shape index (κ2) is 10.7. The van der Waals surface area contributed by atoms with Crippen molar-refractivity contribution < 1.29 is 14.3 Å². The quantitative estimate of drug-likeness (QED) is 0.690. The van der Waals surface area contributed by atoms with Crippen LogP contribution < -0.4 is 15.4 Å². The van der Waals surface area contributed by atoms with Gasteiger partial charge in [0, 0.05) is 36.6 Å². The van der Waals surface area contributed by atoms with Gasteiger partial charge in [0.2, 0.25) is 0 Å². The highest BCUT2D eigenvalue weighted by molar-refractivity contribution is 7.08. The number of carbonyl (C=O) groups is 2. The van der Waals surface area contributed by atoms with E-state index in [2.05, 4.69) is 10.6 Å². The Morgan fingerprint density at radius 1 is 1.06 bits per heavy atom. The van der Waals surface area contributed by atoms with E-state index in [4.69, 9.17) is 4.74 Å². The van der Waals surface area contributed by atoms with Crippen molar-refractivity contribution in [2.45, 2.75) is 63.6 Å². The summed E-state index contributed by atoms with van der Waals surface area (Å²) >= 11 is 1.52. The third-order valence-electron chi connectivity index (χ3n) is 6.10. The average Bonchev–Trinajstić information content (AvgIpc) is 3.34. The molecule has 1 aromatic heterocycles. The summed E-state index contributed by atoms with van der Waals surface area (Å²) in [5.74, 6) is 0.861. The summed E-state index contributed by atoms with van der Waals surface area (Å²) in [4.78, 5) is 26.6. The van der Waals surface area contributed by atoms with Crippen LogP contribution in [0.1, 0.15) is 60.9 Å². The first-order valence-electron chi connectivity index (χ1n) is 11.3. The number of benzene rings is 1. The minimum absolute atomic E-state index is 0.0283. The van der Waals surface area contributed by atoms with E-state index >= 15 is 0 Å². The molecule has 2 heterocycles. The first-order valence-corrected chi connectivity index (χ1v) is 12.2. The Bertz CT molecular complexity index is 857. The molecule has 0 spiro atoms. The van der Waals surface area contributed by atoms with Gasteiger partial charge in [-0.1, -0.05) is 18.6 Å². The van der Waals surface area contributed by atoms with E-state index in [0.717, 1.165) is 37.0 Å². The van der Waals surface area contributed by atoms with Crippen molar-refractivity contribution >= 4 is 23.3 Å². The van der Waals surface area contributed by atoms with E-state index in [-0.39, 0.29) is 18.0 Å². The lowest BCUT2D eigenvalue weighted by atomic mass is 9.98. The molecule has 0 atom stereocenters. The van der Waals surface area contributed by atoms with Gasteiger partial charge < -0.3 is 20.3 Å². The fraction of sp³-hybridized carbons (Fsp3) is 0.500. The lowest BCUT2D eigenvalue weighted by Gasteiger charge is -2.32. The third kappa shape index (κ3) is 6.23. The lowest BCUT2D eigenvalue weighted by Crippen LogP contribution is -2.49. The number of likely N-dealkylation sites (tertiary alicyclic amines) is 1. The number of hydrogen-bond acceptors (Lipinski definition) is 4. The number of rotatable bonds is 6. The molecule has 0 radical (unpaired) electrons. The van der Waals surface area contributed by atoms with Crippen molar-refractivity contribution in [2.24, 2.45) is 0 Å². The van der Waals surface area contributed by atoms with E-state index in [1.807, 2.05) is 46.0 Å². The molecular formula is C24H31N3O3S. The van der Waals surface area contributed by atoms with Crippen LogP contribution in [0.5, 0.6) is 5.75 Å². The normalized spacial score (nSPS) is 17.9. The van der Waals surface area contributed by atoms with Crippen LogP contribution in [0.15, 0.2) is 41.1 Å². The fourth-order valence-electron chi connectivity index (χ4n) is 4.28. The summed E-state index contributed by atoms with van der Waals surface area (Å²) < 4.78 is 6.13. The van der Waals surface area contributed by atoms with Crippen LogP contribution in [0.2, 0.25) is 0 Å². The summed E-state index contributed by atoms with van der Waals surface area (Å²) in [5.41, 5.74) is 1.75. The summed E-state index contributed by atoms with van der Waals surface area (Å²) in [6.07, 6.45) is 7.92. The smallest absolute Gasteiger partial charge is 0.317 e. The highest BCUT2D eigenvalue weighted by Crippen LogP contribution is 2.24. The average molecular weight is 442 g/mol. The van der Waals surface area contributed by atoms with Crippen molar-refractivity contribution in [3.8, 4) is 5.75 Å². The predicted molar refractivity (Wildman–Crippen MR) is 123 cm³/mol. The number of piperidine rings is 1. The summed E-state index contributed by atoms with van der Waals surface area (Å²) in [5, 5.41) is 9.85. The Hall–Kier alpha value is -2.54. The molecule has 2 aliphatic rings. The number of nitrogens with one attached hydrogen (secondary N) is 2. The van der Waals surface area contributed by atoms with Crippen molar-refractivity contribution in [1.82, 2.24) is 15.5 Å². The Kier molecular flexibility index (Phi) is 7.46. The fourth-order valence-corrected chi connectivity index (χ4v) is 4.92. The standard InChI is InChI=1S/C24H31N3O3S/c28-23(19-11-14-31-17-19)26-20-9-12-27(13-10-20)24(29)25-16-18-5-4-8-22(15-18)30-21-6-2-1-3-7-21/h4-5,8,11,14-15,17,20-21H,1-3,6-7,9-10,12-13,16H2,(H,25,29)(H,26,28). The van der Waals surface area contributed by atoms with Crippen LogP contribution in [0.4, 0.5) is 4.79 Å². The van der Waals surface area contributed by atoms with Gasteiger partial charge in [-0.3, -0.25) is 4.79 Å². The number of ether oxygens (including phenoxy) is 1. The molecule has 2 N–H and O–H groups in total. The Morgan fingerprint density at radius 2 is 1.87 bits per heavy atom. The molecule has 7 heteroatoms. The second-order valence-electron chi connectivity index (χ2n) is 8.43. The van der Waals surface area contributed by atoms with Crippen LogP contribution in [0.3, 0.4) is 0 Å². The summed E-state index contributed by atoms with van der Waals surface area (Å²) in [7, 11) is 0. The Labute approximate surface area is 188 Å². The minimum Gasteiger partial charge on any atom is -0.490 e. The first kappa shape index (κ1) is 21.7. The molecule has 31 heavy (non-hydrogen) atoms. The van der Waals surface area contributed by atoms with Crippen LogP contribution >= 0.6 is 11.3 Å². The topological polar surface area (TPSA) is 70.7 Å². The SMILES string of the molecule is O=C(NC1CCN(C(=O)NCc2cccc(OC3CCCCC3)c2)CC1)c1ccsc1. The van der Waals surface area contributed by atoms with Gasteiger partial charge in [-0.2, -0.15) is 11.3 Å². The highest BCUT2D eigenvalue weighted by atomic mass is 32.1. The largest absolute Gasteiger partial charge is 0.490 e. The van der Waals surface area contributed by atoms with Gasteiger partial charge in [0.25, 0.3) is 5.91 Å². The Balaban J connectivity index is 1.20. The summed E-state index contributed by atoms with van der Waals surface area (Å²) in [6.45, 7) is 1.77. The van der Waals surface area contributed by atoms with Crippen LogP contribution in [0.25, 0.3) is 0 Å². The number of amides is 3. The maximum absolute atomic E-state index is 12.6. The molecule has 166 valence electrons. The second-order valence-corrected chi connectivity index (χ2v) is 9.21. The van der Waals surface area contributed by atoms with Gasteiger partial charge in [0.05, 0.1) is 6.10 Å². The maximum atomic E-state index is 12.6. The molecule has 4 rings (SSSR count). The van der Waals surface area contributed by atoms with Gasteiger partial charge in [0.1, 0.15) is 5.75 Å². The monoisotopic (exact) mass is 441 g/mol. The van der Waals surface area contributed by atoms with Crippen LogP contribution in [0, 0.1) is 0 Å². The van der Waals surface area contributed by atoms with Crippen LogP contribution in [-0.4, -0.2) is 42.1 Å². The molecule has 1 aromatic carbocycles.